The maximum atomic E-state index is 11.3. The molecule has 5 heteroatoms. The van der Waals surface area contributed by atoms with Gasteiger partial charge in [0.1, 0.15) is 5.88 Å². The number of nitrogens with zero attached hydrogens (tertiary/aromatic N) is 1. The Balaban J connectivity index is 2.39. The number of alkyl halides is 1. The predicted molar refractivity (Wildman–Crippen MR) is 85.1 cm³/mol. The van der Waals surface area contributed by atoms with Crippen LogP contribution in [0.5, 0.6) is 0 Å². The van der Waals surface area contributed by atoms with Crippen molar-refractivity contribution in [2.45, 2.75) is 0 Å². The van der Waals surface area contributed by atoms with E-state index in [1.807, 2.05) is 54.6 Å². The fourth-order valence-corrected chi connectivity index (χ4v) is 1.97. The highest BCUT2D eigenvalue weighted by atomic mass is 79.9. The molecular weight excluding hydrogens is 340 g/mol. The number of halogens is 2. The summed E-state index contributed by atoms with van der Waals surface area (Å²) in [5.41, 5.74) is 4.97. The van der Waals surface area contributed by atoms with Gasteiger partial charge in [-0.3, -0.25) is 4.79 Å². The molecule has 20 heavy (non-hydrogen) atoms. The van der Waals surface area contributed by atoms with Gasteiger partial charge in [-0.2, -0.15) is 5.10 Å². The van der Waals surface area contributed by atoms with Gasteiger partial charge in [0.05, 0.1) is 5.71 Å². The summed E-state index contributed by atoms with van der Waals surface area (Å²) in [6, 6.07) is 17.4. The summed E-state index contributed by atoms with van der Waals surface area (Å²) in [5, 5.41) is 4.18. The molecule has 2 rings (SSSR count). The third-order valence-corrected chi connectivity index (χ3v) is 3.35. The highest BCUT2D eigenvalue weighted by Gasteiger charge is 2.07. The fourth-order valence-electron chi connectivity index (χ4n) is 1.65. The zero-order valence-corrected chi connectivity index (χ0v) is 12.9. The van der Waals surface area contributed by atoms with Gasteiger partial charge in [-0.1, -0.05) is 58.4 Å². The summed E-state index contributed by atoms with van der Waals surface area (Å²) in [5.74, 6) is -0.455. The van der Waals surface area contributed by atoms with E-state index in [-0.39, 0.29) is 11.8 Å². The number of rotatable bonds is 4. The number of hydrazone groups is 1. The van der Waals surface area contributed by atoms with Crippen LogP contribution in [-0.4, -0.2) is 17.5 Å². The summed E-state index contributed by atoms with van der Waals surface area (Å²) in [7, 11) is 0. The van der Waals surface area contributed by atoms with Crippen molar-refractivity contribution in [1.82, 2.24) is 5.43 Å². The topological polar surface area (TPSA) is 41.5 Å². The molecule has 0 radical (unpaired) electrons. The number of carbonyl (C=O) groups is 1. The van der Waals surface area contributed by atoms with E-state index in [1.54, 1.807) is 0 Å². The van der Waals surface area contributed by atoms with Crippen molar-refractivity contribution in [3.05, 3.63) is 70.2 Å². The summed E-state index contributed by atoms with van der Waals surface area (Å²) >= 11 is 8.86. The SMILES string of the molecule is O=C(CCl)N/N=C(\c1ccccc1)c1ccc(Br)cc1. The third-order valence-electron chi connectivity index (χ3n) is 2.58. The normalized spacial score (nSPS) is 11.2. The Hall–Kier alpha value is -1.65. The summed E-state index contributed by atoms with van der Waals surface area (Å²) < 4.78 is 0.985. The van der Waals surface area contributed by atoms with Crippen LogP contribution >= 0.6 is 27.5 Å². The second kappa shape index (κ2) is 7.22. The molecule has 0 aliphatic heterocycles. The van der Waals surface area contributed by atoms with E-state index in [2.05, 4.69) is 26.5 Å². The van der Waals surface area contributed by atoms with E-state index < -0.39 is 0 Å². The van der Waals surface area contributed by atoms with Crippen molar-refractivity contribution >= 4 is 39.1 Å². The Bertz CT molecular complexity index is 612. The summed E-state index contributed by atoms with van der Waals surface area (Å²) in [6.07, 6.45) is 0. The quantitative estimate of drug-likeness (QED) is 0.511. The molecule has 1 N–H and O–H groups in total. The van der Waals surface area contributed by atoms with Gasteiger partial charge in [0.2, 0.25) is 0 Å². The Morgan fingerprint density at radius 3 is 2.25 bits per heavy atom. The molecule has 0 spiro atoms. The van der Waals surface area contributed by atoms with E-state index >= 15 is 0 Å². The third kappa shape index (κ3) is 3.92. The number of hydrogen-bond acceptors (Lipinski definition) is 2. The molecule has 0 saturated carbocycles. The molecule has 2 aromatic rings. The molecule has 0 atom stereocenters. The minimum absolute atomic E-state index is 0.119. The first-order chi connectivity index (χ1) is 9.70. The second-order valence-electron chi connectivity index (χ2n) is 4.00. The summed E-state index contributed by atoms with van der Waals surface area (Å²) in [6.45, 7) is 0. The van der Waals surface area contributed by atoms with Crippen molar-refractivity contribution in [2.75, 3.05) is 5.88 Å². The predicted octanol–water partition coefficient (Wildman–Crippen LogP) is 3.56. The molecular formula is C15H12BrClN2O. The molecule has 0 bridgehead atoms. The van der Waals surface area contributed by atoms with Gasteiger partial charge in [0, 0.05) is 15.6 Å². The highest BCUT2D eigenvalue weighted by molar-refractivity contribution is 9.10. The molecule has 0 aliphatic carbocycles. The molecule has 0 aromatic heterocycles. The first kappa shape index (κ1) is 14.8. The van der Waals surface area contributed by atoms with Crippen LogP contribution in [0.1, 0.15) is 11.1 Å². The van der Waals surface area contributed by atoms with Crippen molar-refractivity contribution in [3.8, 4) is 0 Å². The Morgan fingerprint density at radius 2 is 1.65 bits per heavy atom. The van der Waals surface area contributed by atoms with E-state index in [1.165, 1.54) is 0 Å². The second-order valence-corrected chi connectivity index (χ2v) is 5.18. The first-order valence-electron chi connectivity index (χ1n) is 5.94. The van der Waals surface area contributed by atoms with Gasteiger partial charge < -0.3 is 0 Å². The minimum Gasteiger partial charge on any atom is -0.272 e. The number of amides is 1. The number of carbonyl (C=O) groups excluding carboxylic acids is 1. The lowest BCUT2D eigenvalue weighted by Crippen LogP contribution is -2.21. The smallest absolute Gasteiger partial charge is 0.254 e. The van der Waals surface area contributed by atoms with Gasteiger partial charge in [-0.25, -0.2) is 5.43 Å². The Kier molecular flexibility index (Phi) is 5.32. The number of hydrogen-bond donors (Lipinski definition) is 1. The maximum Gasteiger partial charge on any atom is 0.254 e. The maximum absolute atomic E-state index is 11.3. The zero-order chi connectivity index (χ0) is 14.4. The average molecular weight is 352 g/mol. The number of nitrogens with one attached hydrogen (secondary N) is 1. The molecule has 102 valence electrons. The standard InChI is InChI=1S/C15H12BrClN2O/c16-13-8-6-12(7-9-13)15(19-18-14(20)10-17)11-4-2-1-3-5-11/h1-9H,10H2,(H,18,20)/b19-15+. The lowest BCUT2D eigenvalue weighted by molar-refractivity contribution is -0.118. The zero-order valence-electron chi connectivity index (χ0n) is 10.5. The summed E-state index contributed by atoms with van der Waals surface area (Å²) in [4.78, 5) is 11.3. The van der Waals surface area contributed by atoms with Gasteiger partial charge in [-0.15, -0.1) is 11.6 Å². The molecule has 0 aliphatic rings. The van der Waals surface area contributed by atoms with Crippen LogP contribution in [0, 0.1) is 0 Å². The van der Waals surface area contributed by atoms with Crippen LogP contribution in [0.25, 0.3) is 0 Å². The lowest BCUT2D eigenvalue weighted by atomic mass is 10.0. The number of benzene rings is 2. The monoisotopic (exact) mass is 350 g/mol. The van der Waals surface area contributed by atoms with Crippen molar-refractivity contribution in [3.63, 3.8) is 0 Å². The van der Waals surface area contributed by atoms with Crippen LogP contribution in [0.2, 0.25) is 0 Å². The van der Waals surface area contributed by atoms with Gasteiger partial charge in [-0.05, 0) is 12.1 Å². The Morgan fingerprint density at radius 1 is 1.05 bits per heavy atom. The molecule has 0 heterocycles. The van der Waals surface area contributed by atoms with Crippen LogP contribution in [0.15, 0.2) is 64.2 Å². The molecule has 0 fully saturated rings. The van der Waals surface area contributed by atoms with Gasteiger partial charge in [0.15, 0.2) is 0 Å². The van der Waals surface area contributed by atoms with Crippen molar-refractivity contribution in [1.29, 1.82) is 0 Å². The fraction of sp³-hybridized carbons (Fsp3) is 0.0667. The van der Waals surface area contributed by atoms with E-state index in [0.29, 0.717) is 5.71 Å². The van der Waals surface area contributed by atoms with E-state index in [4.69, 9.17) is 11.6 Å². The van der Waals surface area contributed by atoms with Crippen molar-refractivity contribution in [2.24, 2.45) is 5.10 Å². The highest BCUT2D eigenvalue weighted by Crippen LogP contribution is 2.15. The molecule has 0 unspecified atom stereocenters. The van der Waals surface area contributed by atoms with Crippen molar-refractivity contribution < 1.29 is 4.79 Å². The van der Waals surface area contributed by atoms with Crippen LogP contribution in [0.3, 0.4) is 0 Å². The molecule has 1 amide bonds. The first-order valence-corrected chi connectivity index (χ1v) is 7.27. The van der Waals surface area contributed by atoms with Gasteiger partial charge >= 0.3 is 0 Å². The van der Waals surface area contributed by atoms with E-state index in [9.17, 15) is 4.79 Å². The largest absolute Gasteiger partial charge is 0.272 e. The molecule has 2 aromatic carbocycles. The van der Waals surface area contributed by atoms with Crippen LogP contribution in [0.4, 0.5) is 0 Å². The molecule has 3 nitrogen and oxygen atoms in total. The average Bonchev–Trinajstić information content (AvgIpc) is 2.50. The molecule has 0 saturated heterocycles. The Labute approximate surface area is 130 Å². The van der Waals surface area contributed by atoms with E-state index in [0.717, 1.165) is 15.6 Å². The van der Waals surface area contributed by atoms with Gasteiger partial charge in [0.25, 0.3) is 5.91 Å². The lowest BCUT2D eigenvalue weighted by Gasteiger charge is -2.07. The minimum atomic E-state index is -0.336. The van der Waals surface area contributed by atoms with Crippen LogP contribution in [-0.2, 0) is 4.79 Å². The van der Waals surface area contributed by atoms with Crippen LogP contribution < -0.4 is 5.43 Å².